The van der Waals surface area contributed by atoms with E-state index in [9.17, 15) is 14.9 Å². The van der Waals surface area contributed by atoms with Gasteiger partial charge < -0.3 is 16.0 Å². The minimum atomic E-state index is -0.526. The second-order valence-electron chi connectivity index (χ2n) is 3.83. The zero-order valence-electron chi connectivity index (χ0n) is 10.3. The SMILES string of the molecule is CCN(C)C(=O)CNc1cc(N)cc([N+](=O)[O-])c1. The van der Waals surface area contributed by atoms with Crippen LogP contribution in [0.25, 0.3) is 0 Å². The number of nitro benzene ring substituents is 1. The molecule has 0 unspecified atom stereocenters. The van der Waals surface area contributed by atoms with Gasteiger partial charge in [-0.1, -0.05) is 0 Å². The van der Waals surface area contributed by atoms with Crippen LogP contribution in [0.5, 0.6) is 0 Å². The van der Waals surface area contributed by atoms with E-state index in [1.807, 2.05) is 6.92 Å². The Bertz CT molecular complexity index is 462. The summed E-state index contributed by atoms with van der Waals surface area (Å²) in [6.45, 7) is 2.55. The molecule has 0 atom stereocenters. The maximum Gasteiger partial charge on any atom is 0.273 e. The van der Waals surface area contributed by atoms with E-state index < -0.39 is 4.92 Å². The van der Waals surface area contributed by atoms with Crippen LogP contribution in [0.3, 0.4) is 0 Å². The molecule has 0 spiro atoms. The fraction of sp³-hybridized carbons (Fsp3) is 0.364. The summed E-state index contributed by atoms with van der Waals surface area (Å²) in [4.78, 5) is 23.2. The molecular weight excluding hydrogens is 236 g/mol. The van der Waals surface area contributed by atoms with Crippen molar-refractivity contribution in [2.45, 2.75) is 6.92 Å². The molecule has 0 aliphatic heterocycles. The molecule has 1 aromatic carbocycles. The van der Waals surface area contributed by atoms with Crippen molar-refractivity contribution in [3.63, 3.8) is 0 Å². The molecule has 0 saturated heterocycles. The van der Waals surface area contributed by atoms with Crippen molar-refractivity contribution < 1.29 is 9.72 Å². The number of nitrogens with two attached hydrogens (primary N) is 1. The topological polar surface area (TPSA) is 102 Å². The Balaban J connectivity index is 2.73. The lowest BCUT2D eigenvalue weighted by molar-refractivity contribution is -0.384. The fourth-order valence-electron chi connectivity index (χ4n) is 1.33. The Morgan fingerprint density at radius 3 is 2.72 bits per heavy atom. The van der Waals surface area contributed by atoms with E-state index in [1.54, 1.807) is 18.0 Å². The Morgan fingerprint density at radius 1 is 1.50 bits per heavy atom. The van der Waals surface area contributed by atoms with Crippen LogP contribution in [0.15, 0.2) is 18.2 Å². The van der Waals surface area contributed by atoms with E-state index in [1.165, 1.54) is 12.1 Å². The molecule has 0 bridgehead atoms. The molecule has 7 heteroatoms. The largest absolute Gasteiger partial charge is 0.398 e. The summed E-state index contributed by atoms with van der Waals surface area (Å²) in [5, 5.41) is 13.5. The second-order valence-corrected chi connectivity index (χ2v) is 3.83. The molecule has 1 aromatic rings. The highest BCUT2D eigenvalue weighted by atomic mass is 16.6. The van der Waals surface area contributed by atoms with E-state index in [4.69, 9.17) is 5.73 Å². The number of hydrogen-bond donors (Lipinski definition) is 2. The summed E-state index contributed by atoms with van der Waals surface area (Å²) in [5.74, 6) is -0.0948. The first kappa shape index (κ1) is 13.8. The van der Waals surface area contributed by atoms with E-state index in [-0.39, 0.29) is 23.8 Å². The molecule has 3 N–H and O–H groups in total. The van der Waals surface area contributed by atoms with Crippen molar-refractivity contribution in [2.24, 2.45) is 0 Å². The highest BCUT2D eigenvalue weighted by Crippen LogP contribution is 2.22. The van der Waals surface area contributed by atoms with Gasteiger partial charge in [0.2, 0.25) is 5.91 Å². The van der Waals surface area contributed by atoms with Gasteiger partial charge in [-0.3, -0.25) is 14.9 Å². The highest BCUT2D eigenvalue weighted by Gasteiger charge is 2.10. The molecule has 0 saturated carbocycles. The van der Waals surface area contributed by atoms with Gasteiger partial charge in [-0.2, -0.15) is 0 Å². The lowest BCUT2D eigenvalue weighted by atomic mass is 10.2. The summed E-state index contributed by atoms with van der Waals surface area (Å²) >= 11 is 0. The number of anilines is 2. The van der Waals surface area contributed by atoms with Crippen LogP contribution in [0.2, 0.25) is 0 Å². The Labute approximate surface area is 105 Å². The smallest absolute Gasteiger partial charge is 0.273 e. The number of rotatable bonds is 5. The zero-order chi connectivity index (χ0) is 13.7. The number of carbonyl (C=O) groups excluding carboxylic acids is 1. The third-order valence-corrected chi connectivity index (χ3v) is 2.49. The lowest BCUT2D eigenvalue weighted by Crippen LogP contribution is -2.31. The number of nitro groups is 1. The van der Waals surface area contributed by atoms with Gasteiger partial charge in [0.05, 0.1) is 11.5 Å². The van der Waals surface area contributed by atoms with Gasteiger partial charge >= 0.3 is 0 Å². The minimum absolute atomic E-state index is 0.0744. The number of non-ortho nitro benzene ring substituents is 1. The van der Waals surface area contributed by atoms with Gasteiger partial charge in [0.15, 0.2) is 0 Å². The standard InChI is InChI=1S/C11H16N4O3/c1-3-14(2)11(16)7-13-9-4-8(12)5-10(6-9)15(17)18/h4-6,13H,3,7,12H2,1-2H3. The number of benzene rings is 1. The first-order valence-electron chi connectivity index (χ1n) is 5.46. The molecule has 18 heavy (non-hydrogen) atoms. The van der Waals surface area contributed by atoms with Crippen molar-refractivity contribution >= 4 is 23.0 Å². The van der Waals surface area contributed by atoms with Crippen molar-refractivity contribution in [1.82, 2.24) is 4.90 Å². The molecular formula is C11H16N4O3. The van der Waals surface area contributed by atoms with Crippen LogP contribution in [0.1, 0.15) is 6.92 Å². The number of nitrogens with zero attached hydrogens (tertiary/aromatic N) is 2. The minimum Gasteiger partial charge on any atom is -0.398 e. The van der Waals surface area contributed by atoms with Crippen LogP contribution in [-0.2, 0) is 4.79 Å². The maximum atomic E-state index is 11.5. The predicted molar refractivity (Wildman–Crippen MR) is 69.3 cm³/mol. The molecule has 1 rings (SSSR count). The quantitative estimate of drug-likeness (QED) is 0.463. The first-order chi connectivity index (χ1) is 8.43. The van der Waals surface area contributed by atoms with Crippen LogP contribution < -0.4 is 11.1 Å². The third kappa shape index (κ3) is 3.62. The van der Waals surface area contributed by atoms with Crippen molar-refractivity contribution in [1.29, 1.82) is 0 Å². The number of hydrogen-bond acceptors (Lipinski definition) is 5. The fourth-order valence-corrected chi connectivity index (χ4v) is 1.33. The van der Waals surface area contributed by atoms with Crippen molar-refractivity contribution in [2.75, 3.05) is 31.2 Å². The normalized spacial score (nSPS) is 9.89. The zero-order valence-corrected chi connectivity index (χ0v) is 10.3. The molecule has 0 heterocycles. The second kappa shape index (κ2) is 5.85. The molecule has 7 nitrogen and oxygen atoms in total. The molecule has 0 radical (unpaired) electrons. The van der Waals surface area contributed by atoms with Gasteiger partial charge in [-0.05, 0) is 13.0 Å². The summed E-state index contributed by atoms with van der Waals surface area (Å²) in [7, 11) is 1.69. The average molecular weight is 252 g/mol. The summed E-state index contributed by atoms with van der Waals surface area (Å²) in [6, 6.07) is 4.16. The summed E-state index contributed by atoms with van der Waals surface area (Å²) in [6.07, 6.45) is 0. The van der Waals surface area contributed by atoms with Gasteiger partial charge in [-0.25, -0.2) is 0 Å². The third-order valence-electron chi connectivity index (χ3n) is 2.49. The molecule has 0 fully saturated rings. The van der Waals surface area contributed by atoms with Crippen LogP contribution >= 0.6 is 0 Å². The molecule has 0 aromatic heterocycles. The molecule has 0 aliphatic carbocycles. The summed E-state index contributed by atoms with van der Waals surface area (Å²) < 4.78 is 0. The Morgan fingerprint density at radius 2 is 2.17 bits per heavy atom. The maximum absolute atomic E-state index is 11.5. The van der Waals surface area contributed by atoms with Gasteiger partial charge in [0, 0.05) is 37.1 Å². The van der Waals surface area contributed by atoms with Crippen molar-refractivity contribution in [3.05, 3.63) is 28.3 Å². The number of carbonyl (C=O) groups is 1. The number of likely N-dealkylation sites (N-methyl/N-ethyl adjacent to an activating group) is 1. The Hall–Kier alpha value is -2.31. The highest BCUT2D eigenvalue weighted by molar-refractivity contribution is 5.81. The van der Waals surface area contributed by atoms with E-state index in [2.05, 4.69) is 5.32 Å². The molecule has 0 aliphatic rings. The van der Waals surface area contributed by atoms with E-state index >= 15 is 0 Å². The predicted octanol–water partition coefficient (Wildman–Crippen LogP) is 1.07. The Kier molecular flexibility index (Phi) is 4.47. The first-order valence-corrected chi connectivity index (χ1v) is 5.46. The summed E-state index contributed by atoms with van der Waals surface area (Å²) in [5.41, 5.74) is 6.19. The average Bonchev–Trinajstić information content (AvgIpc) is 2.34. The number of nitrogen functional groups attached to an aromatic ring is 1. The molecule has 1 amide bonds. The van der Waals surface area contributed by atoms with Crippen LogP contribution in [0, 0.1) is 10.1 Å². The lowest BCUT2D eigenvalue weighted by Gasteiger charge is -2.15. The van der Waals surface area contributed by atoms with E-state index in [0.717, 1.165) is 0 Å². The van der Waals surface area contributed by atoms with Gasteiger partial charge in [0.25, 0.3) is 5.69 Å². The molecule has 98 valence electrons. The van der Waals surface area contributed by atoms with E-state index in [0.29, 0.717) is 12.2 Å². The monoisotopic (exact) mass is 252 g/mol. The van der Waals surface area contributed by atoms with Gasteiger partial charge in [-0.15, -0.1) is 0 Å². The van der Waals surface area contributed by atoms with Crippen LogP contribution in [-0.4, -0.2) is 35.9 Å². The van der Waals surface area contributed by atoms with Crippen molar-refractivity contribution in [3.8, 4) is 0 Å². The number of nitrogens with one attached hydrogen (secondary N) is 1. The van der Waals surface area contributed by atoms with Gasteiger partial charge in [0.1, 0.15) is 0 Å². The van der Waals surface area contributed by atoms with Crippen LogP contribution in [0.4, 0.5) is 17.1 Å². The number of amides is 1.